The van der Waals surface area contributed by atoms with Crippen LogP contribution in [0, 0.1) is 0 Å². The number of fused-ring (bicyclic) bond motifs is 3. The molecule has 0 radical (unpaired) electrons. The predicted molar refractivity (Wildman–Crippen MR) is 100 cm³/mol. The minimum absolute atomic E-state index is 0. The Bertz CT molecular complexity index is 603. The van der Waals surface area contributed by atoms with E-state index >= 15 is 0 Å². The first kappa shape index (κ1) is 30.7. The van der Waals surface area contributed by atoms with Crippen LogP contribution < -0.4 is 0 Å². The Morgan fingerprint density at radius 2 is 1.29 bits per heavy atom. The van der Waals surface area contributed by atoms with Gasteiger partial charge in [-0.05, 0) is 11.5 Å². The minimum Gasteiger partial charge on any atom is -0.693 e. The molecule has 0 atom stereocenters. The zero-order valence-electron chi connectivity index (χ0n) is 12.3. The summed E-state index contributed by atoms with van der Waals surface area (Å²) in [5.74, 6) is 0. The summed E-state index contributed by atoms with van der Waals surface area (Å²) >= 11 is 1.61. The van der Waals surface area contributed by atoms with Gasteiger partial charge in [0, 0.05) is 17.0 Å². The molecular weight excluding hydrogens is 513 g/mol. The number of aliphatic hydroxyl groups excluding tert-OH is 2. The molecule has 0 fully saturated rings. The first-order valence-corrected chi connectivity index (χ1v) is 8.74. The number of benzene rings is 2. The van der Waals surface area contributed by atoms with Crippen molar-refractivity contribution in [2.75, 3.05) is 13.2 Å². The predicted octanol–water partition coefficient (Wildman–Crippen LogP) is 4.29. The number of nitrogens with zero attached hydrogens (tertiary/aromatic N) is 1. The summed E-state index contributed by atoms with van der Waals surface area (Å²) in [4.78, 5) is 4.41. The number of para-hydroxylation sites is 1. The number of hydrogen-bond donors (Lipinski definition) is 2. The molecule has 0 saturated carbocycles. The third-order valence-electron chi connectivity index (χ3n) is 2.60. The van der Waals surface area contributed by atoms with Gasteiger partial charge in [0.2, 0.25) is 0 Å². The van der Waals surface area contributed by atoms with Crippen molar-refractivity contribution in [1.29, 1.82) is 0 Å². The molecular formula is C16H25ClN3O3Pt-2. The van der Waals surface area contributed by atoms with Crippen molar-refractivity contribution < 1.29 is 34.5 Å². The van der Waals surface area contributed by atoms with Gasteiger partial charge in [-0.1, -0.05) is 49.9 Å². The Kier molecular flexibility index (Phi) is 23.3. The first-order valence-electron chi connectivity index (χ1n) is 5.93. The van der Waals surface area contributed by atoms with Crippen molar-refractivity contribution in [3.63, 3.8) is 0 Å². The van der Waals surface area contributed by atoms with Crippen LogP contribution in [-0.2, 0) is 18.8 Å². The third kappa shape index (κ3) is 8.66. The van der Waals surface area contributed by atoms with E-state index in [4.69, 9.17) is 10.2 Å². The smallest absolute Gasteiger partial charge is 0.0708 e. The number of aliphatic hydroxyl groups is 2. The van der Waals surface area contributed by atoms with E-state index in [2.05, 4.69) is 44.7 Å². The summed E-state index contributed by atoms with van der Waals surface area (Å²) in [5, 5.41) is 19.0. The van der Waals surface area contributed by atoms with E-state index in [-0.39, 0.29) is 38.4 Å². The Morgan fingerprint density at radius 1 is 0.833 bits per heavy atom. The van der Waals surface area contributed by atoms with Gasteiger partial charge in [-0.3, -0.25) is 4.98 Å². The summed E-state index contributed by atoms with van der Waals surface area (Å²) in [6.07, 6.45) is 1.93. The minimum atomic E-state index is -0.125. The van der Waals surface area contributed by atoms with Crippen LogP contribution in [0.2, 0.25) is 0 Å². The van der Waals surface area contributed by atoms with Crippen LogP contribution in [0.1, 0.15) is 7.43 Å². The monoisotopic (exact) mass is 537 g/mol. The Balaban J connectivity index is -0.000000180. The number of pyridine rings is 1. The molecule has 8 N–H and O–H groups in total. The topological polar surface area (TPSA) is 152 Å². The van der Waals surface area contributed by atoms with Crippen LogP contribution >= 0.6 is 9.42 Å². The number of halogens is 1. The molecule has 0 aliphatic carbocycles. The maximum Gasteiger partial charge on any atom is 0.0708 e. The summed E-state index contributed by atoms with van der Waals surface area (Å²) in [7, 11) is 4.61. The molecule has 24 heavy (non-hydrogen) atoms. The van der Waals surface area contributed by atoms with Crippen LogP contribution in [-0.4, -0.2) is 33.9 Å². The van der Waals surface area contributed by atoms with E-state index in [1.807, 2.05) is 24.4 Å². The molecule has 3 aromatic rings. The summed E-state index contributed by atoms with van der Waals surface area (Å²) in [6, 6.07) is 16.6. The summed E-state index contributed by atoms with van der Waals surface area (Å²) in [5.41, 5.74) is 1.06. The molecule has 3 rings (SSSR count). The Labute approximate surface area is 158 Å². The number of aromatic nitrogens is 1. The molecule has 0 unspecified atom stereocenters. The molecule has 0 aliphatic rings. The zero-order valence-corrected chi connectivity index (χ0v) is 15.3. The Hall–Kier alpha value is -1.11. The van der Waals surface area contributed by atoms with Gasteiger partial charge in [0.1, 0.15) is 0 Å². The van der Waals surface area contributed by atoms with Gasteiger partial charge >= 0.3 is 28.2 Å². The number of rotatable bonds is 1. The van der Waals surface area contributed by atoms with E-state index in [1.165, 1.54) is 16.2 Å². The standard InChI is InChI=1S/C13H9N.C2H6O2.CH4.ClH.2H2N.H2O.Pt/c1-2-6-11-10(5-1)9-14-13-8-4-3-7-12(11)13;3-1-2-4;;;;;;/h1-9H;3-4H,1-2H2;1H4;1H;3*1H2;/q;;;;2*-1;;+1/p-1. The number of nitrogens with two attached hydrogens (primary N) is 2. The second-order valence-corrected chi connectivity index (χ2v) is 3.81. The van der Waals surface area contributed by atoms with Crippen LogP contribution in [0.5, 0.6) is 0 Å². The van der Waals surface area contributed by atoms with Crippen molar-refractivity contribution >= 4 is 31.1 Å². The molecule has 1 aromatic heterocycles. The van der Waals surface area contributed by atoms with Crippen molar-refractivity contribution in [3.8, 4) is 0 Å². The van der Waals surface area contributed by atoms with Gasteiger partial charge in [-0.15, -0.1) is 0 Å². The van der Waals surface area contributed by atoms with E-state index in [9.17, 15) is 0 Å². The van der Waals surface area contributed by atoms with Gasteiger partial charge in [0.05, 0.1) is 18.7 Å². The van der Waals surface area contributed by atoms with Crippen molar-refractivity contribution in [2.24, 2.45) is 0 Å². The fourth-order valence-electron chi connectivity index (χ4n) is 1.81. The molecule has 2 aromatic carbocycles. The molecule has 6 nitrogen and oxygen atoms in total. The molecule has 0 aliphatic heterocycles. The average molecular weight is 538 g/mol. The first-order chi connectivity index (χ1) is 9.86. The van der Waals surface area contributed by atoms with Gasteiger partial charge in [-0.25, -0.2) is 0 Å². The van der Waals surface area contributed by atoms with Gasteiger partial charge in [0.15, 0.2) is 0 Å². The maximum atomic E-state index is 7.62. The van der Waals surface area contributed by atoms with Crippen LogP contribution in [0.15, 0.2) is 54.7 Å². The fraction of sp³-hybridized carbons (Fsp3) is 0.188. The van der Waals surface area contributed by atoms with Gasteiger partial charge in [-0.2, -0.15) is 0 Å². The molecule has 0 saturated heterocycles. The summed E-state index contributed by atoms with van der Waals surface area (Å²) < 4.78 is 0. The maximum absolute atomic E-state index is 7.62. The van der Waals surface area contributed by atoms with E-state index < -0.39 is 0 Å². The van der Waals surface area contributed by atoms with Crippen LogP contribution in [0.25, 0.3) is 34.0 Å². The van der Waals surface area contributed by atoms with Crippen molar-refractivity contribution in [3.05, 3.63) is 67.0 Å². The molecule has 0 spiro atoms. The molecule has 1 heterocycles. The van der Waals surface area contributed by atoms with E-state index in [0.717, 1.165) is 5.52 Å². The quantitative estimate of drug-likeness (QED) is 0.445. The average Bonchev–Trinajstić information content (AvgIpc) is 2.57. The van der Waals surface area contributed by atoms with Crippen molar-refractivity contribution in [1.82, 2.24) is 4.98 Å². The summed E-state index contributed by atoms with van der Waals surface area (Å²) in [6.45, 7) is -0.250. The van der Waals surface area contributed by atoms with Crippen molar-refractivity contribution in [2.45, 2.75) is 7.43 Å². The van der Waals surface area contributed by atoms with Crippen LogP contribution in [0.3, 0.4) is 0 Å². The number of hydrogen-bond acceptors (Lipinski definition) is 3. The Morgan fingerprint density at radius 3 is 1.83 bits per heavy atom. The van der Waals surface area contributed by atoms with Crippen LogP contribution in [0.4, 0.5) is 0 Å². The molecule has 8 heteroatoms. The molecule has 141 valence electrons. The fourth-order valence-corrected chi connectivity index (χ4v) is 1.81. The van der Waals surface area contributed by atoms with Gasteiger partial charge < -0.3 is 28.0 Å². The SMILES string of the molecule is C.O.OCCO.[Cl][Pt].[NH2-].[NH2-].c1ccc2c(c1)cnc1ccccc12. The second-order valence-electron chi connectivity index (χ2n) is 3.81. The van der Waals surface area contributed by atoms with Gasteiger partial charge in [0.25, 0.3) is 0 Å². The van der Waals surface area contributed by atoms with E-state index in [0.29, 0.717) is 0 Å². The normalized spacial score (nSPS) is 7.88. The molecule has 0 bridgehead atoms. The zero-order chi connectivity index (χ0) is 14.8. The second kappa shape index (κ2) is 18.2. The largest absolute Gasteiger partial charge is 0.693 e. The molecule has 0 amide bonds. The van der Waals surface area contributed by atoms with E-state index in [1.54, 1.807) is 18.8 Å². The third-order valence-corrected chi connectivity index (χ3v) is 2.60.